The molecule has 0 unspecified atom stereocenters. The number of rotatable bonds is 7. The summed E-state index contributed by atoms with van der Waals surface area (Å²) in [6.07, 6.45) is 0.214. The van der Waals surface area contributed by atoms with Gasteiger partial charge in [-0.2, -0.15) is 0 Å². The minimum absolute atomic E-state index is 0.00232. The van der Waals surface area contributed by atoms with Crippen LogP contribution in [-0.4, -0.2) is 61.5 Å². The Bertz CT molecular complexity index is 1390. The van der Waals surface area contributed by atoms with Crippen LogP contribution in [0.4, 0.5) is 5.69 Å². The highest BCUT2D eigenvalue weighted by Gasteiger charge is 2.36. The number of anilines is 1. The molecule has 40 heavy (non-hydrogen) atoms. The van der Waals surface area contributed by atoms with Gasteiger partial charge in [-0.1, -0.05) is 35.9 Å². The molecule has 8 heteroatoms. The molecule has 1 saturated heterocycles. The highest BCUT2D eigenvalue weighted by molar-refractivity contribution is 6.30. The van der Waals surface area contributed by atoms with Gasteiger partial charge in [-0.15, -0.1) is 0 Å². The van der Waals surface area contributed by atoms with Gasteiger partial charge in [0.2, 0.25) is 11.8 Å². The average molecular weight is 562 g/mol. The minimum Gasteiger partial charge on any atom is -0.493 e. The zero-order chi connectivity index (χ0) is 28.6. The fourth-order valence-corrected chi connectivity index (χ4v) is 5.69. The normalized spacial score (nSPS) is 18.6. The Labute approximate surface area is 241 Å². The fraction of sp³-hybridized carbons (Fsp3) is 0.375. The molecule has 1 fully saturated rings. The van der Waals surface area contributed by atoms with Gasteiger partial charge < -0.3 is 19.3 Å². The van der Waals surface area contributed by atoms with Crippen LogP contribution in [0.2, 0.25) is 5.02 Å². The van der Waals surface area contributed by atoms with Crippen LogP contribution in [0.1, 0.15) is 55.1 Å². The monoisotopic (exact) mass is 561 g/mol. The van der Waals surface area contributed by atoms with Crippen molar-refractivity contribution in [3.05, 3.63) is 87.9 Å². The molecule has 0 bridgehead atoms. The minimum atomic E-state index is -0.368. The Morgan fingerprint density at radius 2 is 1.60 bits per heavy atom. The summed E-state index contributed by atoms with van der Waals surface area (Å²) in [5.74, 6) is 1.40. The van der Waals surface area contributed by atoms with E-state index in [-0.39, 0.29) is 36.4 Å². The first-order valence-electron chi connectivity index (χ1n) is 13.7. The number of methoxy groups -OCH3 is 1. The summed E-state index contributed by atoms with van der Waals surface area (Å²) in [6, 6.07) is 19.4. The Hall–Kier alpha value is -3.55. The van der Waals surface area contributed by atoms with Crippen molar-refractivity contribution in [3.63, 3.8) is 0 Å². The quantitative estimate of drug-likeness (QED) is 0.373. The van der Waals surface area contributed by atoms with Crippen molar-refractivity contribution >= 4 is 29.1 Å². The van der Waals surface area contributed by atoms with Crippen LogP contribution in [0.5, 0.6) is 11.5 Å². The number of piperazine rings is 1. The molecule has 0 radical (unpaired) electrons. The number of fused-ring (bicyclic) bond motifs is 1. The van der Waals surface area contributed by atoms with Gasteiger partial charge in [0.25, 0.3) is 0 Å². The van der Waals surface area contributed by atoms with E-state index >= 15 is 0 Å². The third-order valence-corrected chi connectivity index (χ3v) is 8.08. The topological polar surface area (TPSA) is 62.3 Å². The molecule has 2 aliphatic rings. The second-order valence-corrected chi connectivity index (χ2v) is 11.3. The van der Waals surface area contributed by atoms with E-state index in [1.165, 1.54) is 0 Å². The second kappa shape index (κ2) is 11.5. The number of carbonyl (C=O) groups is 2. The van der Waals surface area contributed by atoms with Gasteiger partial charge in [-0.25, -0.2) is 0 Å². The largest absolute Gasteiger partial charge is 0.493 e. The van der Waals surface area contributed by atoms with Crippen molar-refractivity contribution in [2.75, 3.05) is 38.7 Å². The number of carbonyl (C=O) groups excluding carboxylic acids is 2. The summed E-state index contributed by atoms with van der Waals surface area (Å²) in [7, 11) is 3.46. The highest BCUT2D eigenvalue weighted by atomic mass is 35.5. The fourth-order valence-electron chi connectivity index (χ4n) is 5.56. The number of benzene rings is 3. The molecule has 2 aliphatic heterocycles. The Morgan fingerprint density at radius 1 is 0.900 bits per heavy atom. The molecule has 0 N–H and O–H groups in total. The third-order valence-electron chi connectivity index (χ3n) is 7.83. The first-order valence-corrected chi connectivity index (χ1v) is 14.1. The zero-order valence-corrected chi connectivity index (χ0v) is 24.4. The van der Waals surface area contributed by atoms with Crippen molar-refractivity contribution in [1.29, 1.82) is 0 Å². The summed E-state index contributed by atoms with van der Waals surface area (Å²) in [4.78, 5) is 31.9. The summed E-state index contributed by atoms with van der Waals surface area (Å²) in [5, 5.41) is 0.636. The summed E-state index contributed by atoms with van der Waals surface area (Å²) < 4.78 is 11.7. The zero-order valence-electron chi connectivity index (χ0n) is 23.7. The second-order valence-electron chi connectivity index (χ2n) is 10.8. The van der Waals surface area contributed by atoms with Gasteiger partial charge in [-0.05, 0) is 79.4 Å². The molecule has 0 aliphatic carbocycles. The predicted octanol–water partition coefficient (Wildman–Crippen LogP) is 5.65. The maximum Gasteiger partial charge on any atom is 0.236 e. The van der Waals surface area contributed by atoms with Crippen LogP contribution in [0.25, 0.3) is 0 Å². The van der Waals surface area contributed by atoms with E-state index in [1.54, 1.807) is 12.0 Å². The lowest BCUT2D eigenvalue weighted by Crippen LogP contribution is -2.49. The van der Waals surface area contributed by atoms with E-state index in [0.717, 1.165) is 41.0 Å². The number of hydrogen-bond acceptors (Lipinski definition) is 5. The molecule has 0 spiro atoms. The first kappa shape index (κ1) is 28.0. The van der Waals surface area contributed by atoms with Crippen molar-refractivity contribution in [1.82, 2.24) is 9.80 Å². The smallest absolute Gasteiger partial charge is 0.236 e. The molecule has 3 aromatic rings. The van der Waals surface area contributed by atoms with Crippen LogP contribution in [0.15, 0.2) is 60.7 Å². The van der Waals surface area contributed by atoms with E-state index in [4.69, 9.17) is 21.1 Å². The molecule has 2 amide bonds. The lowest BCUT2D eigenvalue weighted by molar-refractivity contribution is -0.135. The van der Waals surface area contributed by atoms with E-state index in [0.29, 0.717) is 23.1 Å². The lowest BCUT2D eigenvalue weighted by Gasteiger charge is -2.39. The Kier molecular flexibility index (Phi) is 8.06. The van der Waals surface area contributed by atoms with E-state index < -0.39 is 0 Å². The molecule has 0 aromatic heterocycles. The molecule has 2 heterocycles. The number of nitrogens with zero attached hydrogens (tertiary/aromatic N) is 3. The molecule has 3 aromatic carbocycles. The predicted molar refractivity (Wildman–Crippen MR) is 157 cm³/mol. The van der Waals surface area contributed by atoms with Gasteiger partial charge >= 0.3 is 0 Å². The summed E-state index contributed by atoms with van der Waals surface area (Å²) >= 11 is 6.24. The van der Waals surface area contributed by atoms with Gasteiger partial charge in [0.15, 0.2) is 11.5 Å². The Balaban J connectivity index is 1.53. The molecule has 2 atom stereocenters. The molecular weight excluding hydrogens is 526 g/mol. The lowest BCUT2D eigenvalue weighted by atomic mass is 9.86. The van der Waals surface area contributed by atoms with Gasteiger partial charge in [0.1, 0.15) is 0 Å². The number of amides is 2. The number of halogens is 1. The standard InChI is InChI=1S/C32H36ClN3O4/c1-20(2)40-29-18-27-24(16-28(29)39-5)17-30(37)36(32(27)23-6-10-25(33)11-7-23)26-12-8-22(9-13-26)21(3)35-15-14-34(4)31(38)19-35/h6-13,16,18,20-21,32H,14-15,17,19H2,1-5H3/t21-,32-/m0/s1. The average Bonchev–Trinajstić information content (AvgIpc) is 2.94. The van der Waals surface area contributed by atoms with Crippen LogP contribution in [0, 0.1) is 0 Å². The SMILES string of the molecule is COc1cc2c(cc1OC(C)C)[C@H](c1ccc(Cl)cc1)N(c1ccc([C@H](C)N3CCN(C)C(=O)C3)cc1)C(=O)C2. The van der Waals surface area contributed by atoms with Crippen molar-refractivity contribution in [2.45, 2.75) is 45.4 Å². The Morgan fingerprint density at radius 3 is 2.23 bits per heavy atom. The van der Waals surface area contributed by atoms with Crippen LogP contribution >= 0.6 is 11.6 Å². The van der Waals surface area contributed by atoms with E-state index in [9.17, 15) is 9.59 Å². The maximum absolute atomic E-state index is 13.8. The highest BCUT2D eigenvalue weighted by Crippen LogP contribution is 2.44. The third kappa shape index (κ3) is 5.54. The van der Waals surface area contributed by atoms with Crippen molar-refractivity contribution in [3.8, 4) is 11.5 Å². The van der Waals surface area contributed by atoms with Gasteiger partial charge in [0.05, 0.1) is 32.2 Å². The van der Waals surface area contributed by atoms with E-state index in [2.05, 4.69) is 24.0 Å². The summed E-state index contributed by atoms with van der Waals surface area (Å²) in [6.45, 7) is 8.03. The van der Waals surface area contributed by atoms with Crippen molar-refractivity contribution < 1.29 is 19.1 Å². The number of ether oxygens (including phenoxy) is 2. The maximum atomic E-state index is 13.8. The molecule has 5 rings (SSSR count). The van der Waals surface area contributed by atoms with Crippen molar-refractivity contribution in [2.24, 2.45) is 0 Å². The van der Waals surface area contributed by atoms with Crippen LogP contribution < -0.4 is 14.4 Å². The first-order chi connectivity index (χ1) is 19.2. The van der Waals surface area contributed by atoms with Gasteiger partial charge in [-0.3, -0.25) is 14.5 Å². The molecule has 7 nitrogen and oxygen atoms in total. The molecular formula is C32H36ClN3O4. The van der Waals surface area contributed by atoms with Crippen LogP contribution in [-0.2, 0) is 16.0 Å². The van der Waals surface area contributed by atoms with Crippen LogP contribution in [0.3, 0.4) is 0 Å². The molecule has 210 valence electrons. The summed E-state index contributed by atoms with van der Waals surface area (Å²) in [5.41, 5.74) is 4.77. The van der Waals surface area contributed by atoms with Gasteiger partial charge in [0, 0.05) is 36.9 Å². The number of hydrogen-bond donors (Lipinski definition) is 0. The molecule has 0 saturated carbocycles. The van der Waals surface area contributed by atoms with E-state index in [1.807, 2.05) is 74.3 Å². The number of likely N-dealkylation sites (N-methyl/N-ethyl adjacent to an activating group) is 1.